The fraction of sp³-hybridized carbons (Fsp3) is 0.235. The van der Waals surface area contributed by atoms with Crippen molar-refractivity contribution in [1.82, 2.24) is 15.4 Å². The molecule has 0 radical (unpaired) electrons. The summed E-state index contributed by atoms with van der Waals surface area (Å²) in [4.78, 5) is 24.1. The van der Waals surface area contributed by atoms with Crippen molar-refractivity contribution >= 4 is 45.7 Å². The summed E-state index contributed by atoms with van der Waals surface area (Å²) < 4.78 is 32.0. The SMILES string of the molecule is O=C(CSc1nnc(NC(=O)c2cc(C3CC3)on2)s1)Nc1ccc(F)cc1F. The predicted molar refractivity (Wildman–Crippen MR) is 102 cm³/mol. The third-order valence-electron chi connectivity index (χ3n) is 3.90. The molecule has 1 aromatic carbocycles. The average Bonchev–Trinajstić information content (AvgIpc) is 3.24. The highest BCUT2D eigenvalue weighted by molar-refractivity contribution is 8.01. The first-order valence-corrected chi connectivity index (χ1v) is 10.3. The van der Waals surface area contributed by atoms with Gasteiger partial charge in [-0.3, -0.25) is 14.9 Å². The minimum absolute atomic E-state index is 0.0621. The molecule has 1 fully saturated rings. The molecular weight excluding hydrogens is 424 g/mol. The summed E-state index contributed by atoms with van der Waals surface area (Å²) in [5, 5.41) is 16.7. The van der Waals surface area contributed by atoms with Crippen LogP contribution >= 0.6 is 23.1 Å². The van der Waals surface area contributed by atoms with E-state index in [1.807, 2.05) is 0 Å². The Morgan fingerprint density at radius 2 is 2.03 bits per heavy atom. The highest BCUT2D eigenvalue weighted by Gasteiger charge is 2.29. The van der Waals surface area contributed by atoms with Gasteiger partial charge in [-0.2, -0.15) is 0 Å². The molecule has 1 aliphatic carbocycles. The lowest BCUT2D eigenvalue weighted by Crippen LogP contribution is -2.15. The number of rotatable bonds is 7. The van der Waals surface area contributed by atoms with Gasteiger partial charge in [0.15, 0.2) is 10.0 Å². The van der Waals surface area contributed by atoms with E-state index in [4.69, 9.17) is 4.52 Å². The van der Waals surface area contributed by atoms with Crippen LogP contribution in [0.1, 0.15) is 35.0 Å². The van der Waals surface area contributed by atoms with Crippen LogP contribution in [0.4, 0.5) is 19.6 Å². The third-order valence-corrected chi connectivity index (χ3v) is 5.87. The summed E-state index contributed by atoms with van der Waals surface area (Å²) in [5.41, 5.74) is 0.0531. The van der Waals surface area contributed by atoms with Crippen LogP contribution in [0.3, 0.4) is 0 Å². The normalized spacial score (nSPS) is 13.3. The molecule has 0 atom stereocenters. The number of nitrogens with zero attached hydrogens (tertiary/aromatic N) is 3. The zero-order valence-corrected chi connectivity index (χ0v) is 16.3. The van der Waals surface area contributed by atoms with Gasteiger partial charge >= 0.3 is 0 Å². The van der Waals surface area contributed by atoms with Crippen molar-refractivity contribution in [3.63, 3.8) is 0 Å². The maximum absolute atomic E-state index is 13.6. The van der Waals surface area contributed by atoms with E-state index in [1.165, 1.54) is 0 Å². The van der Waals surface area contributed by atoms with E-state index in [0.29, 0.717) is 22.1 Å². The first-order valence-electron chi connectivity index (χ1n) is 8.47. The number of amides is 2. The number of nitrogens with one attached hydrogen (secondary N) is 2. The maximum atomic E-state index is 13.6. The third kappa shape index (κ3) is 4.95. The molecule has 1 saturated carbocycles. The summed E-state index contributed by atoms with van der Waals surface area (Å²) in [5.74, 6) is -1.55. The summed E-state index contributed by atoms with van der Waals surface area (Å²) >= 11 is 2.15. The van der Waals surface area contributed by atoms with E-state index in [0.717, 1.165) is 48.1 Å². The van der Waals surface area contributed by atoms with Crippen molar-refractivity contribution in [2.24, 2.45) is 0 Å². The molecule has 150 valence electrons. The lowest BCUT2D eigenvalue weighted by molar-refractivity contribution is -0.113. The van der Waals surface area contributed by atoms with E-state index in [-0.39, 0.29) is 22.3 Å². The second-order valence-electron chi connectivity index (χ2n) is 6.18. The van der Waals surface area contributed by atoms with Gasteiger partial charge in [-0.1, -0.05) is 28.3 Å². The largest absolute Gasteiger partial charge is 0.360 e. The Bertz CT molecular complexity index is 1070. The van der Waals surface area contributed by atoms with E-state index >= 15 is 0 Å². The second-order valence-corrected chi connectivity index (χ2v) is 8.38. The number of benzene rings is 1. The summed E-state index contributed by atoms with van der Waals surface area (Å²) in [6.07, 6.45) is 2.07. The van der Waals surface area contributed by atoms with Gasteiger partial charge in [0.2, 0.25) is 11.0 Å². The molecule has 2 amide bonds. The van der Waals surface area contributed by atoms with Crippen LogP contribution in [0.15, 0.2) is 33.1 Å². The van der Waals surface area contributed by atoms with Crippen LogP contribution in [0.5, 0.6) is 0 Å². The molecule has 8 nitrogen and oxygen atoms in total. The molecule has 2 heterocycles. The van der Waals surface area contributed by atoms with Crippen LogP contribution in [-0.2, 0) is 4.79 Å². The Morgan fingerprint density at radius 1 is 1.21 bits per heavy atom. The Labute approximate surface area is 171 Å². The van der Waals surface area contributed by atoms with Crippen molar-refractivity contribution in [1.29, 1.82) is 0 Å². The number of thioether (sulfide) groups is 1. The zero-order valence-electron chi connectivity index (χ0n) is 14.6. The molecule has 29 heavy (non-hydrogen) atoms. The number of halogens is 2. The van der Waals surface area contributed by atoms with Gasteiger partial charge in [-0.25, -0.2) is 8.78 Å². The maximum Gasteiger partial charge on any atom is 0.279 e. The summed E-state index contributed by atoms with van der Waals surface area (Å²) in [6, 6.07) is 4.49. The van der Waals surface area contributed by atoms with Gasteiger partial charge < -0.3 is 9.84 Å². The molecular formula is C17H13F2N5O3S2. The Morgan fingerprint density at radius 3 is 2.79 bits per heavy atom. The fourth-order valence-corrected chi connectivity index (χ4v) is 3.89. The van der Waals surface area contributed by atoms with E-state index in [1.54, 1.807) is 6.07 Å². The first kappa shape index (κ1) is 19.5. The number of aromatic nitrogens is 3. The predicted octanol–water partition coefficient (Wildman–Crippen LogP) is 3.66. The van der Waals surface area contributed by atoms with Crippen molar-refractivity contribution in [3.05, 3.63) is 47.4 Å². The minimum atomic E-state index is -0.859. The number of hydrogen-bond acceptors (Lipinski definition) is 8. The lowest BCUT2D eigenvalue weighted by atomic mass is 10.3. The van der Waals surface area contributed by atoms with Crippen LogP contribution < -0.4 is 10.6 Å². The van der Waals surface area contributed by atoms with Crippen molar-refractivity contribution in [3.8, 4) is 0 Å². The Kier molecular flexibility index (Phi) is 5.53. The van der Waals surface area contributed by atoms with Crippen LogP contribution in [0.25, 0.3) is 0 Å². The van der Waals surface area contributed by atoms with Crippen LogP contribution in [0, 0.1) is 11.6 Å². The smallest absolute Gasteiger partial charge is 0.279 e. The van der Waals surface area contributed by atoms with E-state index < -0.39 is 23.4 Å². The molecule has 2 N–H and O–H groups in total. The molecule has 0 aliphatic heterocycles. The number of anilines is 2. The lowest BCUT2D eigenvalue weighted by Gasteiger charge is -2.05. The Hall–Kier alpha value is -2.86. The molecule has 2 aromatic heterocycles. The average molecular weight is 437 g/mol. The standard InChI is InChI=1S/C17H13F2N5O3S2/c18-9-3-4-11(10(19)5-9)20-14(25)7-28-17-23-22-16(29-17)21-15(26)12-6-13(27-24-12)8-1-2-8/h3-6,8H,1-2,7H2,(H,20,25)(H,21,22,26). The van der Waals surface area contributed by atoms with Gasteiger partial charge in [-0.15, -0.1) is 10.2 Å². The molecule has 0 saturated heterocycles. The highest BCUT2D eigenvalue weighted by Crippen LogP contribution is 2.40. The number of hydrogen-bond donors (Lipinski definition) is 2. The van der Waals surface area contributed by atoms with Gasteiger partial charge in [-0.05, 0) is 25.0 Å². The fourth-order valence-electron chi connectivity index (χ4n) is 2.34. The molecule has 1 aliphatic rings. The molecule has 0 bridgehead atoms. The zero-order chi connectivity index (χ0) is 20.4. The van der Waals surface area contributed by atoms with Gasteiger partial charge in [0, 0.05) is 18.1 Å². The van der Waals surface area contributed by atoms with E-state index in [2.05, 4.69) is 26.0 Å². The molecule has 0 spiro atoms. The number of carbonyl (C=O) groups excluding carboxylic acids is 2. The quantitative estimate of drug-likeness (QED) is 0.429. The topological polar surface area (TPSA) is 110 Å². The second kappa shape index (κ2) is 8.25. The molecule has 3 aromatic rings. The van der Waals surface area contributed by atoms with Crippen molar-refractivity contribution in [2.75, 3.05) is 16.4 Å². The summed E-state index contributed by atoms with van der Waals surface area (Å²) in [7, 11) is 0. The van der Waals surface area contributed by atoms with E-state index in [9.17, 15) is 18.4 Å². The highest BCUT2D eigenvalue weighted by atomic mass is 32.2. The summed E-state index contributed by atoms with van der Waals surface area (Å²) in [6.45, 7) is 0. The van der Waals surface area contributed by atoms with Crippen molar-refractivity contribution in [2.45, 2.75) is 23.1 Å². The van der Waals surface area contributed by atoms with Crippen LogP contribution in [0.2, 0.25) is 0 Å². The Balaban J connectivity index is 1.28. The number of carbonyl (C=O) groups is 2. The van der Waals surface area contributed by atoms with Gasteiger partial charge in [0.1, 0.15) is 17.4 Å². The minimum Gasteiger partial charge on any atom is -0.360 e. The van der Waals surface area contributed by atoms with Crippen molar-refractivity contribution < 1.29 is 22.9 Å². The monoisotopic (exact) mass is 437 g/mol. The molecule has 4 rings (SSSR count). The first-order chi connectivity index (χ1) is 14.0. The molecule has 0 unspecified atom stereocenters. The van der Waals surface area contributed by atoms with Gasteiger partial charge in [0.25, 0.3) is 5.91 Å². The van der Waals surface area contributed by atoms with Crippen LogP contribution in [-0.4, -0.2) is 32.9 Å². The molecule has 12 heteroatoms. The van der Waals surface area contributed by atoms with Gasteiger partial charge in [0.05, 0.1) is 11.4 Å².